The lowest BCUT2D eigenvalue weighted by Crippen LogP contribution is -2.55. The van der Waals surface area contributed by atoms with Crippen molar-refractivity contribution in [2.24, 2.45) is 0 Å². The molecule has 0 heterocycles. The highest BCUT2D eigenvalue weighted by molar-refractivity contribution is 7.92. The Balaban J connectivity index is 1.73. The van der Waals surface area contributed by atoms with Crippen molar-refractivity contribution in [2.75, 3.05) is 17.1 Å². The fourth-order valence-electron chi connectivity index (χ4n) is 5.15. The normalized spacial score (nSPS) is 14.7. The maximum atomic E-state index is 14.1. The Morgan fingerprint density at radius 2 is 1.60 bits per heavy atom. The molecule has 1 aliphatic rings. The zero-order valence-electron chi connectivity index (χ0n) is 23.3. The molecule has 224 valence electrons. The van der Waals surface area contributed by atoms with Gasteiger partial charge in [-0.2, -0.15) is 0 Å². The van der Waals surface area contributed by atoms with Crippen molar-refractivity contribution in [3.63, 3.8) is 0 Å². The first-order valence-electron chi connectivity index (χ1n) is 13.8. The van der Waals surface area contributed by atoms with Crippen LogP contribution in [0.1, 0.15) is 43.2 Å². The zero-order valence-corrected chi connectivity index (χ0v) is 25.6. The van der Waals surface area contributed by atoms with Gasteiger partial charge in [-0.1, -0.05) is 78.9 Å². The lowest BCUT2D eigenvalue weighted by molar-refractivity contribution is -0.140. The highest BCUT2D eigenvalue weighted by Gasteiger charge is 2.34. The van der Waals surface area contributed by atoms with E-state index in [0.29, 0.717) is 10.6 Å². The van der Waals surface area contributed by atoms with Crippen LogP contribution in [0, 0.1) is 5.82 Å². The SMILES string of the molecule is CS(=O)(=O)N(CC(=O)N(Cc1ccc(Cl)c(Cl)c1)C(Cc1ccccc1)C(=O)NC1CCCCC1)c1ccc(F)cc1. The van der Waals surface area contributed by atoms with Crippen molar-refractivity contribution >= 4 is 50.7 Å². The third kappa shape index (κ3) is 8.69. The molecule has 1 unspecified atom stereocenters. The Kier molecular flexibility index (Phi) is 10.9. The first-order chi connectivity index (χ1) is 20.0. The minimum Gasteiger partial charge on any atom is -0.352 e. The Hall–Kier alpha value is -3.14. The van der Waals surface area contributed by atoms with Crippen LogP contribution >= 0.6 is 23.2 Å². The average Bonchev–Trinajstić information content (AvgIpc) is 2.96. The summed E-state index contributed by atoms with van der Waals surface area (Å²) in [4.78, 5) is 29.5. The smallest absolute Gasteiger partial charge is 0.244 e. The summed E-state index contributed by atoms with van der Waals surface area (Å²) in [5.41, 5.74) is 1.59. The molecule has 11 heteroatoms. The van der Waals surface area contributed by atoms with E-state index in [1.54, 1.807) is 18.2 Å². The minimum atomic E-state index is -3.95. The van der Waals surface area contributed by atoms with Gasteiger partial charge in [0.05, 0.1) is 22.0 Å². The maximum Gasteiger partial charge on any atom is 0.244 e. The van der Waals surface area contributed by atoms with Crippen molar-refractivity contribution in [3.8, 4) is 0 Å². The number of hydrogen-bond acceptors (Lipinski definition) is 4. The standard InChI is InChI=1S/C31H34Cl2FN3O4S/c1-42(40,41)37(26-15-13-24(34)14-16-26)21-30(38)36(20-23-12-17-27(32)28(33)18-23)29(19-22-8-4-2-5-9-22)31(39)35-25-10-6-3-7-11-25/h2,4-5,8-9,12-18,25,29H,3,6-7,10-11,19-21H2,1H3,(H,35,39). The van der Waals surface area contributed by atoms with E-state index in [2.05, 4.69) is 5.32 Å². The van der Waals surface area contributed by atoms with Crippen LogP contribution in [0.5, 0.6) is 0 Å². The number of carbonyl (C=O) groups excluding carboxylic acids is 2. The van der Waals surface area contributed by atoms with Gasteiger partial charge in [0.2, 0.25) is 21.8 Å². The van der Waals surface area contributed by atoms with Crippen molar-refractivity contribution < 1.29 is 22.4 Å². The second-order valence-electron chi connectivity index (χ2n) is 10.6. The number of nitrogens with one attached hydrogen (secondary N) is 1. The van der Waals surface area contributed by atoms with E-state index >= 15 is 0 Å². The number of nitrogens with zero attached hydrogens (tertiary/aromatic N) is 2. The monoisotopic (exact) mass is 633 g/mol. The number of amides is 2. The fourth-order valence-corrected chi connectivity index (χ4v) is 6.32. The predicted molar refractivity (Wildman–Crippen MR) is 165 cm³/mol. The molecule has 3 aromatic carbocycles. The topological polar surface area (TPSA) is 86.8 Å². The van der Waals surface area contributed by atoms with Crippen LogP contribution in [0.4, 0.5) is 10.1 Å². The van der Waals surface area contributed by atoms with Gasteiger partial charge in [0.1, 0.15) is 18.4 Å². The van der Waals surface area contributed by atoms with Gasteiger partial charge in [0.25, 0.3) is 0 Å². The molecule has 0 aliphatic heterocycles. The van der Waals surface area contributed by atoms with E-state index in [1.165, 1.54) is 17.0 Å². The summed E-state index contributed by atoms with van der Waals surface area (Å²) < 4.78 is 40.2. The molecule has 4 rings (SSSR count). The van der Waals surface area contributed by atoms with E-state index in [9.17, 15) is 22.4 Å². The van der Waals surface area contributed by atoms with E-state index in [0.717, 1.165) is 60.4 Å². The average molecular weight is 635 g/mol. The molecule has 42 heavy (non-hydrogen) atoms. The van der Waals surface area contributed by atoms with Crippen LogP contribution in [0.15, 0.2) is 72.8 Å². The lowest BCUT2D eigenvalue weighted by Gasteiger charge is -2.35. The number of sulfonamides is 1. The second-order valence-corrected chi connectivity index (χ2v) is 13.3. The van der Waals surface area contributed by atoms with E-state index < -0.39 is 34.3 Å². The fraction of sp³-hybridized carbons (Fsp3) is 0.355. The van der Waals surface area contributed by atoms with Gasteiger partial charge in [0.15, 0.2) is 0 Å². The van der Waals surface area contributed by atoms with Gasteiger partial charge >= 0.3 is 0 Å². The minimum absolute atomic E-state index is 0.00168. The summed E-state index contributed by atoms with van der Waals surface area (Å²) in [6, 6.07) is 18.2. The predicted octanol–water partition coefficient (Wildman–Crippen LogP) is 5.99. The maximum absolute atomic E-state index is 14.1. The highest BCUT2D eigenvalue weighted by atomic mass is 35.5. The number of carbonyl (C=O) groups is 2. The molecule has 3 aromatic rings. The van der Waals surface area contributed by atoms with Crippen molar-refractivity contribution in [1.82, 2.24) is 10.2 Å². The van der Waals surface area contributed by atoms with Crippen molar-refractivity contribution in [2.45, 2.75) is 57.2 Å². The Morgan fingerprint density at radius 1 is 0.929 bits per heavy atom. The van der Waals surface area contributed by atoms with Gasteiger partial charge in [-0.3, -0.25) is 13.9 Å². The van der Waals surface area contributed by atoms with Crippen LogP contribution in [0.2, 0.25) is 10.0 Å². The Bertz CT molecular complexity index is 1480. The van der Waals surface area contributed by atoms with Crippen LogP contribution < -0.4 is 9.62 Å². The van der Waals surface area contributed by atoms with Gasteiger partial charge in [-0.05, 0) is 60.4 Å². The summed E-state index contributed by atoms with van der Waals surface area (Å²) in [6.45, 7) is -0.611. The molecule has 0 spiro atoms. The summed E-state index contributed by atoms with van der Waals surface area (Å²) >= 11 is 12.4. The number of halogens is 3. The molecule has 1 N–H and O–H groups in total. The molecule has 0 radical (unpaired) electrons. The molecule has 7 nitrogen and oxygen atoms in total. The van der Waals surface area contributed by atoms with Gasteiger partial charge in [-0.15, -0.1) is 0 Å². The molecule has 0 bridgehead atoms. The lowest BCUT2D eigenvalue weighted by atomic mass is 9.94. The Morgan fingerprint density at radius 3 is 2.21 bits per heavy atom. The molecule has 0 aromatic heterocycles. The molecule has 1 atom stereocenters. The zero-order chi connectivity index (χ0) is 30.3. The quantitative estimate of drug-likeness (QED) is 0.281. The molecule has 2 amide bonds. The van der Waals surface area contributed by atoms with Crippen LogP contribution in [-0.2, 0) is 32.6 Å². The molecular weight excluding hydrogens is 600 g/mol. The van der Waals surface area contributed by atoms with Crippen molar-refractivity contribution in [3.05, 3.63) is 99.8 Å². The number of rotatable bonds is 11. The van der Waals surface area contributed by atoms with Gasteiger partial charge in [-0.25, -0.2) is 12.8 Å². The first-order valence-corrected chi connectivity index (χ1v) is 16.4. The largest absolute Gasteiger partial charge is 0.352 e. The highest BCUT2D eigenvalue weighted by Crippen LogP contribution is 2.26. The van der Waals surface area contributed by atoms with E-state index in [4.69, 9.17) is 23.2 Å². The van der Waals surface area contributed by atoms with Crippen LogP contribution in [0.25, 0.3) is 0 Å². The van der Waals surface area contributed by atoms with Crippen molar-refractivity contribution in [1.29, 1.82) is 0 Å². The number of anilines is 1. The molecule has 1 saturated carbocycles. The molecule has 1 aliphatic carbocycles. The third-order valence-corrected chi connectivity index (χ3v) is 9.23. The van der Waals surface area contributed by atoms with Crippen LogP contribution in [0.3, 0.4) is 0 Å². The molecule has 1 fully saturated rings. The second kappa shape index (κ2) is 14.4. The van der Waals surface area contributed by atoms with Gasteiger partial charge < -0.3 is 10.2 Å². The summed E-state index contributed by atoms with van der Waals surface area (Å²) in [6.07, 6.45) is 6.05. The molecule has 0 saturated heterocycles. The Labute approximate surface area is 256 Å². The number of benzene rings is 3. The third-order valence-electron chi connectivity index (χ3n) is 7.35. The van der Waals surface area contributed by atoms with Gasteiger partial charge in [0, 0.05) is 19.0 Å². The summed E-state index contributed by atoms with van der Waals surface area (Å²) in [5, 5.41) is 3.78. The first kappa shape index (κ1) is 31.8. The van der Waals surface area contributed by atoms with Crippen LogP contribution in [-0.4, -0.2) is 50.0 Å². The van der Waals surface area contributed by atoms with E-state index in [1.807, 2.05) is 30.3 Å². The summed E-state index contributed by atoms with van der Waals surface area (Å²) in [7, 11) is -3.95. The molecular formula is C31H34Cl2FN3O4S. The number of hydrogen-bond donors (Lipinski definition) is 1. The van der Waals surface area contributed by atoms with E-state index in [-0.39, 0.29) is 35.6 Å². The summed E-state index contributed by atoms with van der Waals surface area (Å²) in [5.74, 6) is -1.45.